The van der Waals surface area contributed by atoms with Gasteiger partial charge in [-0.05, 0) is 37.1 Å². The number of nitrogens with one attached hydrogen (secondary N) is 1. The summed E-state index contributed by atoms with van der Waals surface area (Å²) in [5.74, 6) is 0.958. The maximum atomic E-state index is 4.74. The minimum absolute atomic E-state index is 0.460. The van der Waals surface area contributed by atoms with E-state index in [0.717, 1.165) is 48.5 Å². The second-order valence-electron chi connectivity index (χ2n) is 6.51. The molecule has 0 radical (unpaired) electrons. The van der Waals surface area contributed by atoms with Crippen molar-refractivity contribution in [3.63, 3.8) is 0 Å². The summed E-state index contributed by atoms with van der Waals surface area (Å²) in [7, 11) is 0. The van der Waals surface area contributed by atoms with Crippen LogP contribution in [0.25, 0.3) is 10.9 Å². The largest absolute Gasteiger partial charge is 0.366 e. The van der Waals surface area contributed by atoms with Crippen molar-refractivity contribution < 1.29 is 0 Å². The third-order valence-corrected chi connectivity index (χ3v) is 4.69. The molecule has 24 heavy (non-hydrogen) atoms. The molecule has 0 unspecified atom stereocenters. The smallest absolute Gasteiger partial charge is 0.126 e. The molecule has 2 aromatic heterocycles. The number of hydrogen-bond acceptors (Lipinski definition) is 4. The minimum Gasteiger partial charge on any atom is -0.366 e. The van der Waals surface area contributed by atoms with E-state index in [2.05, 4.69) is 57.7 Å². The lowest BCUT2D eigenvalue weighted by Gasteiger charge is -2.17. The fraction of sp³-hybridized carbons (Fsp3) is 0.300. The molecule has 1 atom stereocenters. The van der Waals surface area contributed by atoms with E-state index in [1.165, 1.54) is 5.56 Å². The molecule has 0 bridgehead atoms. The van der Waals surface area contributed by atoms with E-state index >= 15 is 0 Å². The van der Waals surface area contributed by atoms with Gasteiger partial charge in [0.15, 0.2) is 0 Å². The monoisotopic (exact) mass is 318 g/mol. The van der Waals surface area contributed by atoms with Crippen LogP contribution in [0.3, 0.4) is 0 Å². The van der Waals surface area contributed by atoms with E-state index in [1.54, 1.807) is 0 Å². The highest BCUT2D eigenvalue weighted by molar-refractivity contribution is 5.82. The first-order chi connectivity index (χ1) is 11.8. The first kappa shape index (κ1) is 15.1. The minimum atomic E-state index is 0.460. The van der Waals surface area contributed by atoms with Gasteiger partial charge in [0, 0.05) is 43.0 Å². The topological polar surface area (TPSA) is 41.1 Å². The van der Waals surface area contributed by atoms with E-state index in [0.29, 0.717) is 6.04 Å². The van der Waals surface area contributed by atoms with Crippen LogP contribution in [0.15, 0.2) is 54.7 Å². The summed E-state index contributed by atoms with van der Waals surface area (Å²) < 4.78 is 0. The Labute approximate surface area is 142 Å². The molecular formula is C20H22N4. The molecule has 3 aromatic rings. The predicted octanol–water partition coefficient (Wildman–Crippen LogP) is 3.62. The van der Waals surface area contributed by atoms with Crippen LogP contribution in [0.2, 0.25) is 0 Å². The molecule has 1 aliphatic rings. The molecule has 0 amide bonds. The van der Waals surface area contributed by atoms with Crippen molar-refractivity contribution in [2.24, 2.45) is 0 Å². The van der Waals surface area contributed by atoms with Crippen LogP contribution in [-0.2, 0) is 6.54 Å². The van der Waals surface area contributed by atoms with Crippen molar-refractivity contribution in [2.75, 3.05) is 18.4 Å². The van der Waals surface area contributed by atoms with Crippen LogP contribution < -0.4 is 5.32 Å². The van der Waals surface area contributed by atoms with Crippen molar-refractivity contribution in [3.05, 3.63) is 66.0 Å². The average molecular weight is 318 g/mol. The number of fused-ring (bicyclic) bond motifs is 1. The van der Waals surface area contributed by atoms with E-state index in [1.807, 2.05) is 19.2 Å². The summed E-state index contributed by atoms with van der Waals surface area (Å²) in [6.45, 7) is 5.23. The number of aromatic nitrogens is 2. The van der Waals surface area contributed by atoms with Crippen LogP contribution in [0.5, 0.6) is 0 Å². The molecular weight excluding hydrogens is 296 g/mol. The number of benzene rings is 1. The molecule has 0 spiro atoms. The second kappa shape index (κ2) is 6.57. The molecule has 0 saturated carbocycles. The zero-order valence-electron chi connectivity index (χ0n) is 13.9. The number of aryl methyl sites for hydroxylation is 1. The van der Waals surface area contributed by atoms with Gasteiger partial charge in [0.1, 0.15) is 5.82 Å². The zero-order chi connectivity index (χ0) is 16.4. The summed E-state index contributed by atoms with van der Waals surface area (Å²) in [5, 5.41) is 4.72. The maximum Gasteiger partial charge on any atom is 0.126 e. The standard InChI is InChI=1S/C20H22N4/c1-15-18-7-8-20(23-19(18)9-11-21-15)22-17-10-12-24(14-17)13-16-5-3-2-4-6-16/h2-9,11,17H,10,12-14H2,1H3,(H,22,23)/t17-/m0/s1. The Morgan fingerprint density at radius 1 is 1.12 bits per heavy atom. The Morgan fingerprint density at radius 3 is 2.88 bits per heavy atom. The zero-order valence-corrected chi connectivity index (χ0v) is 13.9. The molecule has 4 rings (SSSR count). The van der Waals surface area contributed by atoms with E-state index < -0.39 is 0 Å². The van der Waals surface area contributed by atoms with Gasteiger partial charge in [0.05, 0.1) is 5.52 Å². The lowest BCUT2D eigenvalue weighted by atomic mass is 10.2. The van der Waals surface area contributed by atoms with E-state index in [4.69, 9.17) is 4.98 Å². The van der Waals surface area contributed by atoms with Crippen LogP contribution in [0.1, 0.15) is 17.7 Å². The summed E-state index contributed by atoms with van der Waals surface area (Å²) in [5.41, 5.74) is 3.41. The van der Waals surface area contributed by atoms with Crippen molar-refractivity contribution in [1.82, 2.24) is 14.9 Å². The van der Waals surface area contributed by atoms with Gasteiger partial charge in [-0.15, -0.1) is 0 Å². The number of hydrogen-bond donors (Lipinski definition) is 1. The highest BCUT2D eigenvalue weighted by atomic mass is 15.2. The van der Waals surface area contributed by atoms with Crippen LogP contribution in [-0.4, -0.2) is 34.0 Å². The van der Waals surface area contributed by atoms with Gasteiger partial charge >= 0.3 is 0 Å². The molecule has 3 heterocycles. The average Bonchev–Trinajstić information content (AvgIpc) is 3.03. The van der Waals surface area contributed by atoms with Gasteiger partial charge in [-0.1, -0.05) is 30.3 Å². The normalized spacial score (nSPS) is 18.1. The second-order valence-corrected chi connectivity index (χ2v) is 6.51. The van der Waals surface area contributed by atoms with Gasteiger partial charge in [-0.2, -0.15) is 0 Å². The van der Waals surface area contributed by atoms with E-state index in [-0.39, 0.29) is 0 Å². The first-order valence-corrected chi connectivity index (χ1v) is 8.53. The van der Waals surface area contributed by atoms with Crippen molar-refractivity contribution in [1.29, 1.82) is 0 Å². The Morgan fingerprint density at radius 2 is 2.00 bits per heavy atom. The molecule has 1 aromatic carbocycles. The Hall–Kier alpha value is -2.46. The van der Waals surface area contributed by atoms with Gasteiger partial charge < -0.3 is 5.32 Å². The summed E-state index contributed by atoms with van der Waals surface area (Å²) >= 11 is 0. The molecule has 0 aliphatic carbocycles. The summed E-state index contributed by atoms with van der Waals surface area (Å²) in [6.07, 6.45) is 2.98. The predicted molar refractivity (Wildman–Crippen MR) is 98.0 cm³/mol. The fourth-order valence-corrected chi connectivity index (χ4v) is 3.42. The highest BCUT2D eigenvalue weighted by Crippen LogP contribution is 2.20. The van der Waals surface area contributed by atoms with Crippen LogP contribution in [0.4, 0.5) is 5.82 Å². The quantitative estimate of drug-likeness (QED) is 0.797. The van der Waals surface area contributed by atoms with Crippen molar-refractivity contribution >= 4 is 16.7 Å². The maximum absolute atomic E-state index is 4.74. The molecule has 4 heteroatoms. The molecule has 1 saturated heterocycles. The SMILES string of the molecule is Cc1nccc2nc(N[C@H]3CCN(Cc4ccccc4)C3)ccc12. The summed E-state index contributed by atoms with van der Waals surface area (Å²) in [6, 6.07) is 17.3. The molecule has 1 N–H and O–H groups in total. The number of anilines is 1. The van der Waals surface area contributed by atoms with Gasteiger partial charge in [-0.3, -0.25) is 9.88 Å². The number of rotatable bonds is 4. The third kappa shape index (κ3) is 3.24. The van der Waals surface area contributed by atoms with Crippen LogP contribution in [0, 0.1) is 6.92 Å². The molecule has 1 aliphatic heterocycles. The lowest BCUT2D eigenvalue weighted by molar-refractivity contribution is 0.328. The Kier molecular flexibility index (Phi) is 4.13. The fourth-order valence-electron chi connectivity index (χ4n) is 3.42. The molecule has 4 nitrogen and oxygen atoms in total. The number of likely N-dealkylation sites (tertiary alicyclic amines) is 1. The number of nitrogens with zero attached hydrogens (tertiary/aromatic N) is 3. The Bertz CT molecular complexity index is 831. The first-order valence-electron chi connectivity index (χ1n) is 8.53. The lowest BCUT2D eigenvalue weighted by Crippen LogP contribution is -2.26. The van der Waals surface area contributed by atoms with Crippen molar-refractivity contribution in [3.8, 4) is 0 Å². The van der Waals surface area contributed by atoms with Gasteiger partial charge in [0.25, 0.3) is 0 Å². The highest BCUT2D eigenvalue weighted by Gasteiger charge is 2.22. The molecule has 122 valence electrons. The van der Waals surface area contributed by atoms with Crippen LogP contribution >= 0.6 is 0 Å². The van der Waals surface area contributed by atoms with Crippen molar-refractivity contribution in [2.45, 2.75) is 25.9 Å². The van der Waals surface area contributed by atoms with E-state index in [9.17, 15) is 0 Å². The molecule has 1 fully saturated rings. The summed E-state index contributed by atoms with van der Waals surface area (Å²) in [4.78, 5) is 11.6. The third-order valence-electron chi connectivity index (χ3n) is 4.69. The number of pyridine rings is 2. The van der Waals surface area contributed by atoms with Gasteiger partial charge in [-0.25, -0.2) is 4.98 Å². The van der Waals surface area contributed by atoms with Gasteiger partial charge in [0.2, 0.25) is 0 Å². The Balaban J connectivity index is 1.41.